The average Bonchev–Trinajstić information content (AvgIpc) is 2.18. The number of rotatable bonds is 2. The Balaban J connectivity index is 2.98. The monoisotopic (exact) mass is 176 g/mol. The van der Waals surface area contributed by atoms with E-state index < -0.39 is 0 Å². The molecule has 1 aromatic carbocycles. The highest BCUT2D eigenvalue weighted by atomic mass is 16.1. The maximum absolute atomic E-state index is 11.2. The molecule has 0 aromatic heterocycles. The van der Waals surface area contributed by atoms with Gasteiger partial charge in [0.05, 0.1) is 0 Å². The first-order valence-electron chi connectivity index (χ1n) is 4.02. The predicted molar refractivity (Wildman–Crippen MR) is 53.4 cm³/mol. The van der Waals surface area contributed by atoms with Gasteiger partial charge in [-0.1, -0.05) is 12.1 Å². The van der Waals surface area contributed by atoms with Gasteiger partial charge < -0.3 is 5.32 Å². The van der Waals surface area contributed by atoms with Crippen molar-refractivity contribution in [3.63, 3.8) is 0 Å². The molecule has 1 N–H and O–H groups in total. The molecule has 0 aliphatic heterocycles. The summed E-state index contributed by atoms with van der Waals surface area (Å²) < 4.78 is 0. The Morgan fingerprint density at radius 1 is 1.54 bits per heavy atom. The van der Waals surface area contributed by atoms with Crippen LogP contribution in [0.15, 0.2) is 29.3 Å². The summed E-state index contributed by atoms with van der Waals surface area (Å²) in [6.07, 6.45) is 1.71. The van der Waals surface area contributed by atoms with Crippen LogP contribution in [-0.4, -0.2) is 26.2 Å². The number of benzene rings is 1. The second kappa shape index (κ2) is 4.40. The van der Waals surface area contributed by atoms with Crippen LogP contribution < -0.4 is 5.32 Å². The van der Waals surface area contributed by atoms with E-state index in [2.05, 4.69) is 10.3 Å². The van der Waals surface area contributed by atoms with E-state index in [-0.39, 0.29) is 5.91 Å². The zero-order valence-electron chi connectivity index (χ0n) is 7.74. The Morgan fingerprint density at radius 2 is 2.31 bits per heavy atom. The summed E-state index contributed by atoms with van der Waals surface area (Å²) in [5.41, 5.74) is 1.59. The molecule has 3 heteroatoms. The van der Waals surface area contributed by atoms with Crippen LogP contribution in [0, 0.1) is 0 Å². The third-order valence-electron chi connectivity index (χ3n) is 1.65. The highest BCUT2D eigenvalue weighted by Crippen LogP contribution is 2.02. The molecule has 0 atom stereocenters. The van der Waals surface area contributed by atoms with Crippen LogP contribution in [0.5, 0.6) is 0 Å². The fourth-order valence-corrected chi connectivity index (χ4v) is 1.05. The van der Waals surface area contributed by atoms with Gasteiger partial charge in [0.2, 0.25) is 0 Å². The summed E-state index contributed by atoms with van der Waals surface area (Å²) >= 11 is 0. The third-order valence-corrected chi connectivity index (χ3v) is 1.65. The topological polar surface area (TPSA) is 41.5 Å². The molecule has 0 saturated carbocycles. The standard InChI is InChI=1S/C10H12N2O/c1-11-7-8-4-3-5-9(6-8)10(13)12-2/h3-7H,1-2H3,(H,12,13)/b11-7-. The zero-order chi connectivity index (χ0) is 9.68. The Morgan fingerprint density at radius 3 is 2.92 bits per heavy atom. The van der Waals surface area contributed by atoms with Gasteiger partial charge in [0.1, 0.15) is 0 Å². The second-order valence-corrected chi connectivity index (χ2v) is 2.59. The Bertz CT molecular complexity index is 331. The van der Waals surface area contributed by atoms with Crippen molar-refractivity contribution in [3.05, 3.63) is 35.4 Å². The molecule has 0 radical (unpaired) electrons. The summed E-state index contributed by atoms with van der Waals surface area (Å²) in [4.78, 5) is 15.1. The van der Waals surface area contributed by atoms with E-state index in [0.717, 1.165) is 5.56 Å². The largest absolute Gasteiger partial charge is 0.355 e. The van der Waals surface area contributed by atoms with Gasteiger partial charge in [0.25, 0.3) is 5.91 Å². The molecule has 1 aromatic rings. The third kappa shape index (κ3) is 2.40. The van der Waals surface area contributed by atoms with Gasteiger partial charge in [0, 0.05) is 25.9 Å². The highest BCUT2D eigenvalue weighted by Gasteiger charge is 2.01. The van der Waals surface area contributed by atoms with E-state index in [1.165, 1.54) is 0 Å². The number of amides is 1. The molecular weight excluding hydrogens is 164 g/mol. The van der Waals surface area contributed by atoms with Crippen molar-refractivity contribution in [3.8, 4) is 0 Å². The van der Waals surface area contributed by atoms with Gasteiger partial charge in [-0.05, 0) is 17.7 Å². The SMILES string of the molecule is C/N=C\c1cccc(C(=O)NC)c1. The predicted octanol–water partition coefficient (Wildman–Crippen LogP) is 1.09. The summed E-state index contributed by atoms with van der Waals surface area (Å²) in [7, 11) is 3.31. The van der Waals surface area contributed by atoms with E-state index in [1.807, 2.05) is 12.1 Å². The Labute approximate surface area is 77.5 Å². The summed E-state index contributed by atoms with van der Waals surface area (Å²) in [5.74, 6) is -0.0775. The van der Waals surface area contributed by atoms with Crippen LogP contribution in [0.1, 0.15) is 15.9 Å². The van der Waals surface area contributed by atoms with Gasteiger partial charge in [0.15, 0.2) is 0 Å². The molecule has 0 aliphatic carbocycles. The Hall–Kier alpha value is -1.64. The normalized spacial score (nSPS) is 10.3. The minimum Gasteiger partial charge on any atom is -0.355 e. The first-order valence-corrected chi connectivity index (χ1v) is 4.02. The van der Waals surface area contributed by atoms with Crippen LogP contribution in [0.3, 0.4) is 0 Å². The zero-order valence-corrected chi connectivity index (χ0v) is 7.74. The minimum absolute atomic E-state index is 0.0775. The molecule has 0 fully saturated rings. The molecule has 0 bridgehead atoms. The number of carbonyl (C=O) groups excluding carboxylic acids is 1. The van der Waals surface area contributed by atoms with E-state index in [9.17, 15) is 4.79 Å². The van der Waals surface area contributed by atoms with Crippen molar-refractivity contribution in [1.82, 2.24) is 5.32 Å². The average molecular weight is 176 g/mol. The quantitative estimate of drug-likeness (QED) is 0.673. The van der Waals surface area contributed by atoms with E-state index in [1.54, 1.807) is 32.4 Å². The van der Waals surface area contributed by atoms with Gasteiger partial charge in [-0.3, -0.25) is 9.79 Å². The second-order valence-electron chi connectivity index (χ2n) is 2.59. The van der Waals surface area contributed by atoms with Gasteiger partial charge in [-0.15, -0.1) is 0 Å². The lowest BCUT2D eigenvalue weighted by molar-refractivity contribution is 0.0963. The van der Waals surface area contributed by atoms with Crippen LogP contribution in [0.25, 0.3) is 0 Å². The van der Waals surface area contributed by atoms with Gasteiger partial charge in [-0.25, -0.2) is 0 Å². The number of aliphatic imine (C=N–C) groups is 1. The lowest BCUT2D eigenvalue weighted by Gasteiger charge is -1.99. The molecule has 0 unspecified atom stereocenters. The lowest BCUT2D eigenvalue weighted by Crippen LogP contribution is -2.17. The summed E-state index contributed by atoms with van der Waals surface area (Å²) in [6, 6.07) is 7.30. The minimum atomic E-state index is -0.0775. The fourth-order valence-electron chi connectivity index (χ4n) is 1.05. The number of nitrogens with one attached hydrogen (secondary N) is 1. The molecule has 1 rings (SSSR count). The first-order chi connectivity index (χ1) is 6.27. The number of hydrogen-bond donors (Lipinski definition) is 1. The van der Waals surface area contributed by atoms with Crippen LogP contribution in [-0.2, 0) is 0 Å². The van der Waals surface area contributed by atoms with E-state index in [0.29, 0.717) is 5.56 Å². The molecule has 13 heavy (non-hydrogen) atoms. The molecular formula is C10H12N2O. The van der Waals surface area contributed by atoms with Crippen molar-refractivity contribution in [2.45, 2.75) is 0 Å². The van der Waals surface area contributed by atoms with Crippen molar-refractivity contribution >= 4 is 12.1 Å². The summed E-state index contributed by atoms with van der Waals surface area (Å²) in [5, 5.41) is 2.57. The number of nitrogens with zero attached hydrogens (tertiary/aromatic N) is 1. The molecule has 1 amide bonds. The number of carbonyl (C=O) groups is 1. The molecule has 0 saturated heterocycles. The smallest absolute Gasteiger partial charge is 0.251 e. The first kappa shape index (κ1) is 9.45. The van der Waals surface area contributed by atoms with Crippen LogP contribution in [0.2, 0.25) is 0 Å². The van der Waals surface area contributed by atoms with Gasteiger partial charge in [-0.2, -0.15) is 0 Å². The molecule has 0 aliphatic rings. The molecule has 3 nitrogen and oxygen atoms in total. The maximum atomic E-state index is 11.2. The number of hydrogen-bond acceptors (Lipinski definition) is 2. The molecule has 0 heterocycles. The van der Waals surface area contributed by atoms with Crippen molar-refractivity contribution in [2.75, 3.05) is 14.1 Å². The Kier molecular flexibility index (Phi) is 3.20. The molecule has 0 spiro atoms. The van der Waals surface area contributed by atoms with E-state index >= 15 is 0 Å². The van der Waals surface area contributed by atoms with Crippen molar-refractivity contribution < 1.29 is 4.79 Å². The van der Waals surface area contributed by atoms with Crippen molar-refractivity contribution in [2.24, 2.45) is 4.99 Å². The highest BCUT2D eigenvalue weighted by molar-refractivity contribution is 5.95. The fraction of sp³-hybridized carbons (Fsp3) is 0.200. The van der Waals surface area contributed by atoms with Crippen LogP contribution in [0.4, 0.5) is 0 Å². The van der Waals surface area contributed by atoms with E-state index in [4.69, 9.17) is 0 Å². The van der Waals surface area contributed by atoms with Crippen LogP contribution >= 0.6 is 0 Å². The lowest BCUT2D eigenvalue weighted by atomic mass is 10.1. The van der Waals surface area contributed by atoms with Gasteiger partial charge >= 0.3 is 0 Å². The summed E-state index contributed by atoms with van der Waals surface area (Å²) in [6.45, 7) is 0. The van der Waals surface area contributed by atoms with Crippen molar-refractivity contribution in [1.29, 1.82) is 0 Å². The molecule has 68 valence electrons. The maximum Gasteiger partial charge on any atom is 0.251 e.